The molecule has 0 aromatic heterocycles. The topological polar surface area (TPSA) is 18.5 Å². The molecule has 2 aromatic rings. The van der Waals surface area contributed by atoms with Gasteiger partial charge in [-0.1, -0.05) is 24.3 Å². The molecule has 10 heteroatoms. The summed E-state index contributed by atoms with van der Waals surface area (Å²) in [5.41, 5.74) is 1.38. The van der Waals surface area contributed by atoms with Crippen molar-refractivity contribution in [1.29, 1.82) is 0 Å². The maximum absolute atomic E-state index is 14.3. The van der Waals surface area contributed by atoms with Crippen molar-refractivity contribution in [2.75, 3.05) is 6.61 Å². The molecule has 35 heavy (non-hydrogen) atoms. The summed E-state index contributed by atoms with van der Waals surface area (Å²) >= 11 is 0. The smallest absolute Gasteiger partial charge is 0.424 e. The molecule has 194 valence electrons. The Morgan fingerprint density at radius 1 is 0.886 bits per heavy atom. The number of alkyl halides is 6. The summed E-state index contributed by atoms with van der Waals surface area (Å²) in [7, 11) is 0. The highest BCUT2D eigenvalue weighted by Gasteiger charge is 2.59. The molecule has 2 atom stereocenters. The van der Waals surface area contributed by atoms with Crippen LogP contribution in [-0.4, -0.2) is 31.2 Å². The summed E-state index contributed by atoms with van der Waals surface area (Å²) in [5, 5.41) is 0. The molecule has 2 nitrogen and oxygen atoms in total. The standard InChI is InChI=1S/C25H26F8O2/c1-3-34-14(2)15-4-6-16(7-5-15)17-8-10-18(11-9-17)19-12-20(26)22(21(27)13-19)35-25(32,33)23(28)24(29,30)31/h8-16,23H,3-7H2,1-2H3. The predicted octanol–water partition coefficient (Wildman–Crippen LogP) is 8.20. The van der Waals surface area contributed by atoms with Crippen LogP contribution in [0.3, 0.4) is 0 Å². The van der Waals surface area contributed by atoms with Gasteiger partial charge >= 0.3 is 12.3 Å². The van der Waals surface area contributed by atoms with Crippen LogP contribution in [0, 0.1) is 17.6 Å². The van der Waals surface area contributed by atoms with Gasteiger partial charge in [-0.05, 0) is 80.2 Å². The molecule has 0 aliphatic heterocycles. The zero-order chi connectivity index (χ0) is 26.0. The Morgan fingerprint density at radius 3 is 1.91 bits per heavy atom. The van der Waals surface area contributed by atoms with Crippen molar-refractivity contribution in [2.24, 2.45) is 5.92 Å². The minimum absolute atomic E-state index is 0.0379. The van der Waals surface area contributed by atoms with E-state index in [1.807, 2.05) is 19.1 Å². The Balaban J connectivity index is 1.71. The molecule has 2 unspecified atom stereocenters. The molecular formula is C25H26F8O2. The molecule has 0 radical (unpaired) electrons. The van der Waals surface area contributed by atoms with Crippen LogP contribution in [0.1, 0.15) is 51.0 Å². The molecular weight excluding hydrogens is 484 g/mol. The number of hydrogen-bond acceptors (Lipinski definition) is 2. The summed E-state index contributed by atoms with van der Waals surface area (Å²) in [6.07, 6.45) is -12.1. The first-order valence-electron chi connectivity index (χ1n) is 11.3. The van der Waals surface area contributed by atoms with E-state index in [1.54, 1.807) is 12.1 Å². The SMILES string of the molecule is CCOC(C)C1CCC(c2ccc(-c3cc(F)c(OC(F)(F)C(F)C(F)(F)F)c(F)c3)cc2)CC1. The predicted molar refractivity (Wildman–Crippen MR) is 114 cm³/mol. The lowest BCUT2D eigenvalue weighted by molar-refractivity contribution is -0.306. The Labute approximate surface area is 198 Å². The van der Waals surface area contributed by atoms with Crippen molar-refractivity contribution in [3.05, 3.63) is 53.6 Å². The van der Waals surface area contributed by atoms with E-state index < -0.39 is 35.8 Å². The maximum Gasteiger partial charge on any atom is 0.439 e. The Kier molecular flexibility index (Phi) is 8.34. The van der Waals surface area contributed by atoms with Crippen LogP contribution in [0.15, 0.2) is 36.4 Å². The van der Waals surface area contributed by atoms with Gasteiger partial charge in [0.25, 0.3) is 6.17 Å². The van der Waals surface area contributed by atoms with Gasteiger partial charge < -0.3 is 9.47 Å². The van der Waals surface area contributed by atoms with Gasteiger partial charge in [0.2, 0.25) is 0 Å². The van der Waals surface area contributed by atoms with Gasteiger partial charge in [-0.25, -0.2) is 13.2 Å². The van der Waals surface area contributed by atoms with Gasteiger partial charge in [0.1, 0.15) is 0 Å². The number of hydrogen-bond donors (Lipinski definition) is 0. The van der Waals surface area contributed by atoms with Crippen LogP contribution in [0.4, 0.5) is 35.1 Å². The Bertz CT molecular complexity index is 959. The zero-order valence-corrected chi connectivity index (χ0v) is 19.1. The Morgan fingerprint density at radius 2 is 1.43 bits per heavy atom. The first-order chi connectivity index (χ1) is 16.3. The van der Waals surface area contributed by atoms with Crippen LogP contribution in [0.5, 0.6) is 5.75 Å². The first-order valence-corrected chi connectivity index (χ1v) is 11.3. The fourth-order valence-corrected chi connectivity index (χ4v) is 4.47. The third-order valence-corrected chi connectivity index (χ3v) is 6.40. The van der Waals surface area contributed by atoms with Gasteiger partial charge in [0.15, 0.2) is 17.4 Å². The van der Waals surface area contributed by atoms with Gasteiger partial charge in [-0.3, -0.25) is 0 Å². The molecule has 1 fully saturated rings. The van der Waals surface area contributed by atoms with E-state index in [1.165, 1.54) is 0 Å². The molecule has 0 saturated heterocycles. The molecule has 0 N–H and O–H groups in total. The molecule has 0 spiro atoms. The molecule has 3 rings (SSSR count). The lowest BCUT2D eigenvalue weighted by Crippen LogP contribution is -2.46. The number of rotatable bonds is 8. The van der Waals surface area contributed by atoms with E-state index >= 15 is 0 Å². The van der Waals surface area contributed by atoms with Crippen LogP contribution >= 0.6 is 0 Å². The van der Waals surface area contributed by atoms with Crippen molar-refractivity contribution in [3.8, 4) is 16.9 Å². The first kappa shape index (κ1) is 27.2. The normalized spacial score (nSPS) is 21.0. The highest BCUT2D eigenvalue weighted by Crippen LogP contribution is 2.40. The third kappa shape index (κ3) is 6.45. The monoisotopic (exact) mass is 510 g/mol. The van der Waals surface area contributed by atoms with Crippen molar-refractivity contribution >= 4 is 0 Å². The molecule has 1 aliphatic carbocycles. The van der Waals surface area contributed by atoms with Crippen molar-refractivity contribution in [2.45, 2.75) is 70.0 Å². The minimum atomic E-state index is -5.97. The van der Waals surface area contributed by atoms with E-state index in [9.17, 15) is 35.1 Å². The summed E-state index contributed by atoms with van der Waals surface area (Å²) < 4.78 is 114. The quantitative estimate of drug-likeness (QED) is 0.333. The fourth-order valence-electron chi connectivity index (χ4n) is 4.47. The van der Waals surface area contributed by atoms with Crippen LogP contribution in [0.25, 0.3) is 11.1 Å². The van der Waals surface area contributed by atoms with E-state index in [2.05, 4.69) is 11.7 Å². The van der Waals surface area contributed by atoms with Crippen molar-refractivity contribution in [3.63, 3.8) is 0 Å². The van der Waals surface area contributed by atoms with E-state index in [-0.39, 0.29) is 11.7 Å². The van der Waals surface area contributed by atoms with Crippen molar-refractivity contribution in [1.82, 2.24) is 0 Å². The highest BCUT2D eigenvalue weighted by atomic mass is 19.4. The second kappa shape index (κ2) is 10.7. The average Bonchev–Trinajstić information content (AvgIpc) is 2.80. The fraction of sp³-hybridized carbons (Fsp3) is 0.520. The zero-order valence-electron chi connectivity index (χ0n) is 19.1. The van der Waals surface area contributed by atoms with Crippen LogP contribution in [0.2, 0.25) is 0 Å². The molecule has 0 bridgehead atoms. The second-order valence-corrected chi connectivity index (χ2v) is 8.73. The van der Waals surface area contributed by atoms with E-state index in [0.29, 0.717) is 36.1 Å². The summed E-state index contributed by atoms with van der Waals surface area (Å²) in [4.78, 5) is 0. The van der Waals surface area contributed by atoms with Crippen LogP contribution < -0.4 is 4.74 Å². The lowest BCUT2D eigenvalue weighted by atomic mass is 9.77. The number of ether oxygens (including phenoxy) is 2. The lowest BCUT2D eigenvalue weighted by Gasteiger charge is -2.32. The molecule has 0 amide bonds. The summed E-state index contributed by atoms with van der Waals surface area (Å²) in [6.45, 7) is 4.71. The second-order valence-electron chi connectivity index (χ2n) is 8.73. The maximum atomic E-state index is 14.3. The van der Waals surface area contributed by atoms with Gasteiger partial charge in [0.05, 0.1) is 6.10 Å². The Hall–Kier alpha value is -2.36. The van der Waals surface area contributed by atoms with Gasteiger partial charge in [-0.15, -0.1) is 0 Å². The van der Waals surface area contributed by atoms with Crippen molar-refractivity contribution < 1.29 is 44.6 Å². The summed E-state index contributed by atoms with van der Waals surface area (Å²) in [5.74, 6) is -4.34. The largest absolute Gasteiger partial charge is 0.439 e. The molecule has 0 heterocycles. The minimum Gasteiger partial charge on any atom is -0.424 e. The molecule has 2 aromatic carbocycles. The number of benzene rings is 2. The summed E-state index contributed by atoms with van der Waals surface area (Å²) in [6, 6.07) is 8.16. The van der Waals surface area contributed by atoms with Gasteiger partial charge in [-0.2, -0.15) is 22.0 Å². The van der Waals surface area contributed by atoms with E-state index in [4.69, 9.17) is 4.74 Å². The molecule has 1 aliphatic rings. The van der Waals surface area contributed by atoms with Crippen LogP contribution in [-0.2, 0) is 4.74 Å². The van der Waals surface area contributed by atoms with Gasteiger partial charge in [0, 0.05) is 6.61 Å². The molecule has 1 saturated carbocycles. The highest BCUT2D eigenvalue weighted by molar-refractivity contribution is 5.65. The third-order valence-electron chi connectivity index (χ3n) is 6.40. The number of halogens is 8. The average molecular weight is 510 g/mol. The van der Waals surface area contributed by atoms with E-state index in [0.717, 1.165) is 31.2 Å².